The Labute approximate surface area is 128 Å². The normalized spacial score (nSPS) is 56.1. The maximum Gasteiger partial charge on any atom is 0.154 e. The van der Waals surface area contributed by atoms with Gasteiger partial charge < -0.3 is 10.3 Å². The van der Waals surface area contributed by atoms with Gasteiger partial charge in [-0.05, 0) is 67.1 Å². The zero-order valence-corrected chi connectivity index (χ0v) is 13.4. The highest BCUT2D eigenvalue weighted by molar-refractivity contribution is 5.58. The van der Waals surface area contributed by atoms with Crippen LogP contribution in [-0.2, 0) is 0 Å². The standard InChI is InChI=1S/C18H29NO2/c1-17-9-10-19(21)11-12(17)3-4-13-14-5-6-16(20)18(14,2)8-7-15(13)17/h11-16,20H,3-10H2,1-2H3/t12?,13?,14?,15?,16-,17-,18-/m0/s1. The predicted octanol–water partition coefficient (Wildman–Crippen LogP) is 3.19. The van der Waals surface area contributed by atoms with Gasteiger partial charge in [-0.15, -0.1) is 0 Å². The van der Waals surface area contributed by atoms with Gasteiger partial charge in [0.2, 0.25) is 0 Å². The zero-order chi connectivity index (χ0) is 14.8. The summed E-state index contributed by atoms with van der Waals surface area (Å²) in [7, 11) is 0. The van der Waals surface area contributed by atoms with Crippen molar-refractivity contribution in [2.75, 3.05) is 6.54 Å². The Bertz CT molecular complexity index is 476. The third-order valence-electron chi connectivity index (χ3n) is 8.11. The number of hydroxylamine groups is 1. The molecule has 4 aliphatic rings. The van der Waals surface area contributed by atoms with Gasteiger partial charge in [0.15, 0.2) is 12.8 Å². The van der Waals surface area contributed by atoms with Crippen LogP contribution in [0.4, 0.5) is 0 Å². The first-order valence-corrected chi connectivity index (χ1v) is 8.92. The molecule has 3 fully saturated rings. The monoisotopic (exact) mass is 291 g/mol. The third kappa shape index (κ3) is 1.79. The van der Waals surface area contributed by atoms with Crippen molar-refractivity contribution in [3.05, 3.63) is 5.21 Å². The Hall–Kier alpha value is -0.570. The fourth-order valence-corrected chi connectivity index (χ4v) is 6.70. The number of nitrogens with zero attached hydrogens (tertiary/aromatic N) is 1. The summed E-state index contributed by atoms with van der Waals surface area (Å²) in [5.74, 6) is 2.76. The molecule has 3 heteroatoms. The van der Waals surface area contributed by atoms with Gasteiger partial charge in [-0.1, -0.05) is 13.8 Å². The Morgan fingerprint density at radius 3 is 2.57 bits per heavy atom. The van der Waals surface area contributed by atoms with Crippen LogP contribution in [0.1, 0.15) is 58.8 Å². The molecule has 1 heterocycles. The van der Waals surface area contributed by atoms with Crippen molar-refractivity contribution in [3.8, 4) is 0 Å². The van der Waals surface area contributed by atoms with E-state index in [1.165, 1.54) is 36.8 Å². The summed E-state index contributed by atoms with van der Waals surface area (Å²) >= 11 is 0. The highest BCUT2D eigenvalue weighted by Crippen LogP contribution is 2.64. The first-order valence-electron chi connectivity index (χ1n) is 8.92. The Balaban J connectivity index is 1.66. The molecule has 0 aromatic rings. The van der Waals surface area contributed by atoms with Crippen LogP contribution in [0.25, 0.3) is 0 Å². The summed E-state index contributed by atoms with van der Waals surface area (Å²) < 4.78 is 1.18. The predicted molar refractivity (Wildman–Crippen MR) is 83.1 cm³/mol. The fraction of sp³-hybridized carbons (Fsp3) is 0.944. The lowest BCUT2D eigenvalue weighted by molar-refractivity contribution is -0.469. The molecule has 3 aliphatic carbocycles. The second-order valence-corrected chi connectivity index (χ2v) is 8.74. The van der Waals surface area contributed by atoms with Gasteiger partial charge in [0.05, 0.1) is 6.10 Å². The lowest BCUT2D eigenvalue weighted by Crippen LogP contribution is -2.55. The average Bonchev–Trinajstić information content (AvgIpc) is 2.76. The van der Waals surface area contributed by atoms with E-state index in [4.69, 9.17) is 0 Å². The second kappa shape index (κ2) is 4.47. The molecule has 4 rings (SSSR count). The summed E-state index contributed by atoms with van der Waals surface area (Å²) in [4.78, 5) is 0. The lowest BCUT2D eigenvalue weighted by atomic mass is 9.47. The van der Waals surface area contributed by atoms with Gasteiger partial charge in [-0.3, -0.25) is 0 Å². The van der Waals surface area contributed by atoms with E-state index in [1.807, 2.05) is 6.21 Å². The molecule has 3 saturated carbocycles. The summed E-state index contributed by atoms with van der Waals surface area (Å²) in [6.45, 7) is 5.47. The highest BCUT2D eigenvalue weighted by atomic mass is 16.5. The smallest absolute Gasteiger partial charge is 0.154 e. The Kier molecular flexibility index (Phi) is 2.99. The molecule has 0 aromatic carbocycles. The Morgan fingerprint density at radius 1 is 1.00 bits per heavy atom. The number of aliphatic hydroxyl groups excluding tert-OH is 1. The average molecular weight is 291 g/mol. The van der Waals surface area contributed by atoms with E-state index in [2.05, 4.69) is 13.8 Å². The topological polar surface area (TPSA) is 46.3 Å². The van der Waals surface area contributed by atoms with E-state index in [1.54, 1.807) is 0 Å². The van der Waals surface area contributed by atoms with Crippen LogP contribution in [0.3, 0.4) is 0 Å². The van der Waals surface area contributed by atoms with Gasteiger partial charge in [-0.25, -0.2) is 4.74 Å². The molecule has 1 aliphatic heterocycles. The lowest BCUT2D eigenvalue weighted by Gasteiger charge is -2.58. The summed E-state index contributed by atoms with van der Waals surface area (Å²) in [6.07, 6.45) is 10.1. The van der Waals surface area contributed by atoms with E-state index in [9.17, 15) is 10.3 Å². The molecule has 3 nitrogen and oxygen atoms in total. The number of hydrogen-bond donors (Lipinski definition) is 1. The van der Waals surface area contributed by atoms with E-state index in [0.29, 0.717) is 23.8 Å². The van der Waals surface area contributed by atoms with E-state index in [-0.39, 0.29) is 11.5 Å². The molecule has 4 unspecified atom stereocenters. The maximum atomic E-state index is 11.7. The molecule has 0 saturated heterocycles. The quantitative estimate of drug-likeness (QED) is 0.550. The van der Waals surface area contributed by atoms with Gasteiger partial charge in [-0.2, -0.15) is 0 Å². The largest absolute Gasteiger partial charge is 0.624 e. The molecular weight excluding hydrogens is 262 g/mol. The van der Waals surface area contributed by atoms with Crippen molar-refractivity contribution in [2.45, 2.75) is 64.9 Å². The molecule has 0 radical (unpaired) electrons. The first-order chi connectivity index (χ1) is 9.95. The van der Waals surface area contributed by atoms with Gasteiger partial charge in [0.1, 0.15) is 0 Å². The minimum absolute atomic E-state index is 0.0796. The van der Waals surface area contributed by atoms with Crippen molar-refractivity contribution < 1.29 is 9.85 Å². The number of rotatable bonds is 0. The number of hydrogen-bond acceptors (Lipinski definition) is 2. The van der Waals surface area contributed by atoms with Crippen LogP contribution in [0.5, 0.6) is 0 Å². The SMILES string of the molecule is C[C@]12CC[N+]([O-])=CC1CCC1C2CC[C@@]2(C)C1CC[C@@H]2O. The van der Waals surface area contributed by atoms with E-state index in [0.717, 1.165) is 24.7 Å². The Morgan fingerprint density at radius 2 is 1.76 bits per heavy atom. The van der Waals surface area contributed by atoms with Gasteiger partial charge in [0, 0.05) is 12.3 Å². The van der Waals surface area contributed by atoms with E-state index < -0.39 is 0 Å². The second-order valence-electron chi connectivity index (χ2n) is 8.74. The number of aliphatic hydroxyl groups is 1. The van der Waals surface area contributed by atoms with Gasteiger partial charge >= 0.3 is 0 Å². The maximum absolute atomic E-state index is 11.7. The fourth-order valence-electron chi connectivity index (χ4n) is 6.70. The number of fused-ring (bicyclic) bond motifs is 5. The molecule has 118 valence electrons. The van der Waals surface area contributed by atoms with Crippen molar-refractivity contribution >= 4 is 6.21 Å². The summed E-state index contributed by atoms with van der Waals surface area (Å²) in [5, 5.41) is 22.2. The van der Waals surface area contributed by atoms with Crippen LogP contribution < -0.4 is 0 Å². The van der Waals surface area contributed by atoms with E-state index >= 15 is 0 Å². The highest BCUT2D eigenvalue weighted by Gasteiger charge is 2.60. The molecule has 1 N–H and O–H groups in total. The summed E-state index contributed by atoms with van der Waals surface area (Å²) in [5.41, 5.74) is 0.506. The minimum atomic E-state index is -0.0796. The minimum Gasteiger partial charge on any atom is -0.624 e. The molecule has 0 amide bonds. The molecule has 0 aromatic heterocycles. The zero-order valence-electron chi connectivity index (χ0n) is 13.4. The van der Waals surface area contributed by atoms with Crippen LogP contribution in [0.2, 0.25) is 0 Å². The van der Waals surface area contributed by atoms with Gasteiger partial charge in [0.25, 0.3) is 0 Å². The molecule has 21 heavy (non-hydrogen) atoms. The molecule has 7 atom stereocenters. The van der Waals surface area contributed by atoms with Crippen molar-refractivity contribution in [2.24, 2.45) is 34.5 Å². The molecule has 0 bridgehead atoms. The van der Waals surface area contributed by atoms with Crippen molar-refractivity contribution in [3.63, 3.8) is 0 Å². The summed E-state index contributed by atoms with van der Waals surface area (Å²) in [6, 6.07) is 0. The van der Waals surface area contributed by atoms with Crippen LogP contribution in [0.15, 0.2) is 0 Å². The van der Waals surface area contributed by atoms with Crippen LogP contribution >= 0.6 is 0 Å². The van der Waals surface area contributed by atoms with Crippen LogP contribution in [-0.4, -0.2) is 28.7 Å². The third-order valence-corrected chi connectivity index (χ3v) is 8.11. The molecule has 0 spiro atoms. The molecular formula is C18H29NO2. The van der Waals surface area contributed by atoms with Crippen molar-refractivity contribution in [1.29, 1.82) is 0 Å². The first kappa shape index (κ1) is 14.0. The van der Waals surface area contributed by atoms with Crippen molar-refractivity contribution in [1.82, 2.24) is 0 Å². The van der Waals surface area contributed by atoms with Crippen LogP contribution in [0, 0.1) is 39.7 Å².